The van der Waals surface area contributed by atoms with Crippen LogP contribution in [0.2, 0.25) is 0 Å². The maximum Gasteiger partial charge on any atom is 0.0815 e. The molecule has 3 rings (SSSR count). The molecule has 1 saturated carbocycles. The van der Waals surface area contributed by atoms with Crippen molar-refractivity contribution in [3.63, 3.8) is 0 Å². The molecule has 1 heterocycles. The minimum Gasteiger partial charge on any atom is -0.379 e. The van der Waals surface area contributed by atoms with Crippen molar-refractivity contribution < 1.29 is 0 Å². The first-order valence-corrected chi connectivity index (χ1v) is 7.58. The van der Waals surface area contributed by atoms with Crippen LogP contribution in [0, 0.1) is 13.8 Å². The van der Waals surface area contributed by atoms with Crippen LogP contribution < -0.4 is 5.32 Å². The zero-order valence-corrected chi connectivity index (χ0v) is 12.4. The highest BCUT2D eigenvalue weighted by molar-refractivity contribution is 5.56. The number of anilines is 1. The van der Waals surface area contributed by atoms with E-state index < -0.39 is 0 Å². The average molecular weight is 269 g/mol. The first kappa shape index (κ1) is 13.2. The van der Waals surface area contributed by atoms with E-state index in [1.54, 1.807) is 0 Å². The third-order valence-electron chi connectivity index (χ3n) is 4.29. The van der Waals surface area contributed by atoms with Gasteiger partial charge in [-0.1, -0.05) is 31.0 Å². The standard InChI is InChI=1S/C17H23N3/c1-13-6-5-7-14(2)17(13)18-12-15-10-11-20(19-15)16-8-3-4-9-16/h5-7,10-11,16,18H,3-4,8-9,12H2,1-2H3. The first-order valence-electron chi connectivity index (χ1n) is 7.58. The lowest BCUT2D eigenvalue weighted by molar-refractivity contribution is 0.463. The maximum absolute atomic E-state index is 4.72. The van der Waals surface area contributed by atoms with Gasteiger partial charge >= 0.3 is 0 Å². The number of para-hydroxylation sites is 1. The van der Waals surface area contributed by atoms with Crippen LogP contribution in [0.4, 0.5) is 5.69 Å². The molecule has 1 aliphatic carbocycles. The van der Waals surface area contributed by atoms with E-state index >= 15 is 0 Å². The van der Waals surface area contributed by atoms with Gasteiger partial charge in [0.05, 0.1) is 18.3 Å². The minimum atomic E-state index is 0.629. The van der Waals surface area contributed by atoms with Crippen molar-refractivity contribution in [1.29, 1.82) is 0 Å². The fraction of sp³-hybridized carbons (Fsp3) is 0.471. The van der Waals surface area contributed by atoms with Crippen LogP contribution in [0.15, 0.2) is 30.5 Å². The molecule has 1 aromatic carbocycles. The quantitative estimate of drug-likeness (QED) is 0.900. The van der Waals surface area contributed by atoms with Crippen LogP contribution in [-0.2, 0) is 6.54 Å². The lowest BCUT2D eigenvalue weighted by Gasteiger charge is -2.12. The molecule has 1 aromatic heterocycles. The fourth-order valence-electron chi connectivity index (χ4n) is 3.12. The lowest BCUT2D eigenvalue weighted by Crippen LogP contribution is -2.08. The second kappa shape index (κ2) is 5.70. The molecule has 1 fully saturated rings. The molecular weight excluding hydrogens is 246 g/mol. The molecule has 0 amide bonds. The lowest BCUT2D eigenvalue weighted by atomic mass is 10.1. The third-order valence-corrected chi connectivity index (χ3v) is 4.29. The van der Waals surface area contributed by atoms with Gasteiger partial charge in [0, 0.05) is 11.9 Å². The summed E-state index contributed by atoms with van der Waals surface area (Å²) in [5.74, 6) is 0. The molecule has 20 heavy (non-hydrogen) atoms. The van der Waals surface area contributed by atoms with Gasteiger partial charge in [0.1, 0.15) is 0 Å². The van der Waals surface area contributed by atoms with Crippen LogP contribution in [0.1, 0.15) is 48.5 Å². The summed E-state index contributed by atoms with van der Waals surface area (Å²) in [4.78, 5) is 0. The number of hydrogen-bond donors (Lipinski definition) is 1. The van der Waals surface area contributed by atoms with Crippen molar-refractivity contribution in [2.45, 2.75) is 52.1 Å². The Morgan fingerprint density at radius 1 is 1.15 bits per heavy atom. The van der Waals surface area contributed by atoms with Crippen molar-refractivity contribution in [1.82, 2.24) is 9.78 Å². The van der Waals surface area contributed by atoms with Crippen LogP contribution in [0.3, 0.4) is 0 Å². The number of aromatic nitrogens is 2. The van der Waals surface area contributed by atoms with Gasteiger partial charge in [-0.15, -0.1) is 0 Å². The van der Waals surface area contributed by atoms with Crippen LogP contribution in [0.25, 0.3) is 0 Å². The van der Waals surface area contributed by atoms with E-state index in [0.29, 0.717) is 6.04 Å². The van der Waals surface area contributed by atoms with E-state index in [1.807, 2.05) is 0 Å². The molecule has 106 valence electrons. The highest BCUT2D eigenvalue weighted by Crippen LogP contribution is 2.28. The summed E-state index contributed by atoms with van der Waals surface area (Å²) in [5, 5.41) is 8.25. The Morgan fingerprint density at radius 3 is 2.55 bits per heavy atom. The molecule has 1 aliphatic rings. The topological polar surface area (TPSA) is 29.9 Å². The van der Waals surface area contributed by atoms with Gasteiger partial charge in [-0.05, 0) is 43.9 Å². The van der Waals surface area contributed by atoms with E-state index in [9.17, 15) is 0 Å². The van der Waals surface area contributed by atoms with Crippen LogP contribution >= 0.6 is 0 Å². The molecule has 0 bridgehead atoms. The molecular formula is C17H23N3. The number of aryl methyl sites for hydroxylation is 2. The Labute approximate surface area is 121 Å². The van der Waals surface area contributed by atoms with Gasteiger partial charge in [-0.2, -0.15) is 5.10 Å². The molecule has 1 N–H and O–H groups in total. The molecule has 3 nitrogen and oxygen atoms in total. The Hall–Kier alpha value is -1.77. The van der Waals surface area contributed by atoms with Gasteiger partial charge in [-0.3, -0.25) is 4.68 Å². The van der Waals surface area contributed by atoms with Crippen molar-refractivity contribution in [3.05, 3.63) is 47.3 Å². The molecule has 3 heteroatoms. The van der Waals surface area contributed by atoms with Crippen molar-refractivity contribution in [3.8, 4) is 0 Å². The largest absolute Gasteiger partial charge is 0.379 e. The average Bonchev–Trinajstić information content (AvgIpc) is 3.09. The molecule has 0 saturated heterocycles. The van der Waals surface area contributed by atoms with Gasteiger partial charge in [-0.25, -0.2) is 0 Å². The Balaban J connectivity index is 1.66. The van der Waals surface area contributed by atoms with Crippen molar-refractivity contribution >= 4 is 5.69 Å². The molecule has 0 atom stereocenters. The summed E-state index contributed by atoms with van der Waals surface area (Å²) in [6, 6.07) is 9.16. The second-order valence-electron chi connectivity index (χ2n) is 5.85. The summed E-state index contributed by atoms with van der Waals surface area (Å²) < 4.78 is 2.16. The van der Waals surface area contributed by atoms with E-state index in [4.69, 9.17) is 5.10 Å². The molecule has 0 aliphatic heterocycles. The fourth-order valence-corrected chi connectivity index (χ4v) is 3.12. The van der Waals surface area contributed by atoms with E-state index in [2.05, 4.69) is 54.3 Å². The van der Waals surface area contributed by atoms with Crippen molar-refractivity contribution in [2.75, 3.05) is 5.32 Å². The number of nitrogens with one attached hydrogen (secondary N) is 1. The van der Waals surface area contributed by atoms with Crippen molar-refractivity contribution in [2.24, 2.45) is 0 Å². The van der Waals surface area contributed by atoms with Gasteiger partial charge in [0.2, 0.25) is 0 Å². The van der Waals surface area contributed by atoms with Gasteiger partial charge in [0.15, 0.2) is 0 Å². The highest BCUT2D eigenvalue weighted by atomic mass is 15.3. The monoisotopic (exact) mass is 269 g/mol. The Kier molecular flexibility index (Phi) is 3.77. The van der Waals surface area contributed by atoms with Crippen LogP contribution in [0.5, 0.6) is 0 Å². The summed E-state index contributed by atoms with van der Waals surface area (Å²) in [5.41, 5.74) is 4.95. The molecule has 0 unspecified atom stereocenters. The number of hydrogen-bond acceptors (Lipinski definition) is 2. The molecule has 0 spiro atoms. The molecule has 2 aromatic rings. The van der Waals surface area contributed by atoms with E-state index in [-0.39, 0.29) is 0 Å². The zero-order valence-electron chi connectivity index (χ0n) is 12.4. The summed E-state index contributed by atoms with van der Waals surface area (Å²) in [6.45, 7) is 5.09. The Morgan fingerprint density at radius 2 is 1.85 bits per heavy atom. The predicted octanol–water partition coefficient (Wildman–Crippen LogP) is 4.23. The van der Waals surface area contributed by atoms with Gasteiger partial charge < -0.3 is 5.32 Å². The van der Waals surface area contributed by atoms with Gasteiger partial charge in [0.25, 0.3) is 0 Å². The first-order chi connectivity index (χ1) is 9.74. The summed E-state index contributed by atoms with van der Waals surface area (Å²) >= 11 is 0. The molecule has 0 radical (unpaired) electrons. The second-order valence-corrected chi connectivity index (χ2v) is 5.85. The minimum absolute atomic E-state index is 0.629. The smallest absolute Gasteiger partial charge is 0.0815 e. The SMILES string of the molecule is Cc1cccc(C)c1NCc1ccn(C2CCCC2)n1. The number of rotatable bonds is 4. The number of benzene rings is 1. The Bertz CT molecular complexity index is 559. The summed E-state index contributed by atoms with van der Waals surface area (Å²) in [6.07, 6.45) is 7.40. The van der Waals surface area contributed by atoms with Crippen LogP contribution in [-0.4, -0.2) is 9.78 Å². The van der Waals surface area contributed by atoms with E-state index in [1.165, 1.54) is 42.5 Å². The summed E-state index contributed by atoms with van der Waals surface area (Å²) in [7, 11) is 0. The predicted molar refractivity (Wildman–Crippen MR) is 83.0 cm³/mol. The maximum atomic E-state index is 4.72. The van der Waals surface area contributed by atoms with E-state index in [0.717, 1.165) is 12.2 Å². The highest BCUT2D eigenvalue weighted by Gasteiger charge is 2.17. The third kappa shape index (κ3) is 2.72. The zero-order chi connectivity index (χ0) is 13.9. The normalized spacial score (nSPS) is 15.7. The number of nitrogens with zero attached hydrogens (tertiary/aromatic N) is 2.